The fourth-order valence-electron chi connectivity index (χ4n) is 3.04. The molecular weight excluding hydrogens is 380 g/mol. The molecule has 0 saturated heterocycles. The number of hydrogen-bond acceptors (Lipinski definition) is 5. The van der Waals surface area contributed by atoms with E-state index in [1.807, 2.05) is 19.2 Å². The lowest BCUT2D eigenvalue weighted by atomic mass is 10.1. The van der Waals surface area contributed by atoms with Crippen molar-refractivity contribution in [3.8, 4) is 17.2 Å². The molecule has 0 saturated carbocycles. The zero-order valence-corrected chi connectivity index (χ0v) is 15.8. The maximum Gasteiger partial charge on any atom is 0.387 e. The average Bonchev–Trinajstić information content (AvgIpc) is 2.62. The van der Waals surface area contributed by atoms with Crippen molar-refractivity contribution in [1.82, 2.24) is 4.90 Å². The number of halogens is 3. The molecule has 0 aliphatic carbocycles. The summed E-state index contributed by atoms with van der Waals surface area (Å²) in [4.78, 5) is 2.06. The highest BCUT2D eigenvalue weighted by molar-refractivity contribution is 6.30. The van der Waals surface area contributed by atoms with Gasteiger partial charge in [-0.25, -0.2) is 0 Å². The highest BCUT2D eigenvalue weighted by atomic mass is 35.5. The smallest absolute Gasteiger partial charge is 0.387 e. The number of alkyl halides is 2. The van der Waals surface area contributed by atoms with Gasteiger partial charge in [0.1, 0.15) is 5.75 Å². The van der Waals surface area contributed by atoms with Crippen molar-refractivity contribution in [2.24, 2.45) is 0 Å². The monoisotopic (exact) mass is 399 g/mol. The van der Waals surface area contributed by atoms with Gasteiger partial charge in [-0.1, -0.05) is 17.7 Å². The predicted octanol–water partition coefficient (Wildman–Crippen LogP) is 4.45. The van der Waals surface area contributed by atoms with Gasteiger partial charge in [0.2, 0.25) is 0 Å². The zero-order chi connectivity index (χ0) is 19.4. The van der Waals surface area contributed by atoms with E-state index in [0.29, 0.717) is 24.7 Å². The second-order valence-electron chi connectivity index (χ2n) is 6.20. The van der Waals surface area contributed by atoms with Crippen molar-refractivity contribution in [1.29, 1.82) is 0 Å². The van der Waals surface area contributed by atoms with E-state index in [4.69, 9.17) is 25.8 Å². The molecule has 0 radical (unpaired) electrons. The summed E-state index contributed by atoms with van der Waals surface area (Å²) in [6, 6.07) is 8.62. The number of hydrogen-bond donors (Lipinski definition) is 0. The molecule has 8 heteroatoms. The number of rotatable bonds is 7. The Bertz CT molecular complexity index is 804. The molecule has 0 spiro atoms. The summed E-state index contributed by atoms with van der Waals surface area (Å²) in [6.07, 6.45) is 0. The molecule has 0 fully saturated rings. The molecule has 27 heavy (non-hydrogen) atoms. The molecule has 5 nitrogen and oxygen atoms in total. The first-order valence-electron chi connectivity index (χ1n) is 8.28. The molecule has 0 unspecified atom stereocenters. The highest BCUT2D eigenvalue weighted by Crippen LogP contribution is 2.33. The number of fused-ring (bicyclic) bond motifs is 1. The van der Waals surface area contributed by atoms with E-state index < -0.39 is 6.61 Å². The summed E-state index contributed by atoms with van der Waals surface area (Å²) in [5.41, 5.74) is 2.79. The van der Waals surface area contributed by atoms with E-state index in [1.165, 1.54) is 13.2 Å². The second kappa shape index (κ2) is 8.73. The van der Waals surface area contributed by atoms with Crippen molar-refractivity contribution in [2.45, 2.75) is 26.3 Å². The van der Waals surface area contributed by atoms with Crippen LogP contribution in [0.1, 0.15) is 16.7 Å². The molecular formula is C19H20ClF2NO4. The number of benzene rings is 2. The molecule has 0 bridgehead atoms. The van der Waals surface area contributed by atoms with Gasteiger partial charge in [0.25, 0.3) is 0 Å². The van der Waals surface area contributed by atoms with Crippen LogP contribution in [-0.2, 0) is 24.4 Å². The molecule has 2 aromatic carbocycles. The molecule has 3 rings (SSSR count). The van der Waals surface area contributed by atoms with Gasteiger partial charge in [-0.3, -0.25) is 4.90 Å². The van der Waals surface area contributed by atoms with Crippen LogP contribution in [0.3, 0.4) is 0 Å². The molecule has 0 atom stereocenters. The summed E-state index contributed by atoms with van der Waals surface area (Å²) in [5.74, 6) is 1.08. The standard InChI is InChI=1S/C19H20ClF2NO4/c1-23(8-12-3-4-16(27-19(21)22)17(5-12)24-2)9-13-6-15(20)7-14-10-25-11-26-18(13)14/h3-7,19H,8-11H2,1-2H3. The Balaban J connectivity index is 1.73. The molecule has 0 aromatic heterocycles. The first-order valence-corrected chi connectivity index (χ1v) is 8.66. The van der Waals surface area contributed by atoms with Gasteiger partial charge in [0.15, 0.2) is 18.3 Å². The fraction of sp³-hybridized carbons (Fsp3) is 0.368. The van der Waals surface area contributed by atoms with Gasteiger partial charge in [0, 0.05) is 29.2 Å². The first kappa shape index (κ1) is 19.7. The summed E-state index contributed by atoms with van der Waals surface area (Å²) in [7, 11) is 3.36. The van der Waals surface area contributed by atoms with Crippen LogP contribution in [0.15, 0.2) is 30.3 Å². The van der Waals surface area contributed by atoms with Crippen LogP contribution < -0.4 is 14.2 Å². The highest BCUT2D eigenvalue weighted by Gasteiger charge is 2.18. The summed E-state index contributed by atoms with van der Waals surface area (Å²) in [6.45, 7) is -1.04. The number of nitrogens with zero attached hydrogens (tertiary/aromatic N) is 1. The van der Waals surface area contributed by atoms with Crippen molar-refractivity contribution in [3.63, 3.8) is 0 Å². The minimum absolute atomic E-state index is 0.0104. The van der Waals surface area contributed by atoms with E-state index in [1.54, 1.807) is 12.1 Å². The largest absolute Gasteiger partial charge is 0.493 e. The van der Waals surface area contributed by atoms with E-state index in [2.05, 4.69) is 9.64 Å². The Hall–Kier alpha value is -2.09. The van der Waals surface area contributed by atoms with Crippen LogP contribution in [0.25, 0.3) is 0 Å². The molecule has 0 N–H and O–H groups in total. The Morgan fingerprint density at radius 1 is 1.19 bits per heavy atom. The Kier molecular flexibility index (Phi) is 6.36. The zero-order valence-electron chi connectivity index (χ0n) is 15.0. The Labute approximate surface area is 161 Å². The summed E-state index contributed by atoms with van der Waals surface area (Å²) >= 11 is 6.20. The molecule has 1 heterocycles. The van der Waals surface area contributed by atoms with Gasteiger partial charge in [-0.2, -0.15) is 8.78 Å². The lowest BCUT2D eigenvalue weighted by Gasteiger charge is -2.24. The molecule has 1 aliphatic rings. The third kappa shape index (κ3) is 5.00. The molecule has 146 valence electrons. The van der Waals surface area contributed by atoms with Crippen LogP contribution in [0.5, 0.6) is 17.2 Å². The number of methoxy groups -OCH3 is 1. The minimum atomic E-state index is -2.90. The van der Waals surface area contributed by atoms with Gasteiger partial charge in [0.05, 0.1) is 13.7 Å². The first-order chi connectivity index (χ1) is 13.0. The van der Waals surface area contributed by atoms with E-state index in [0.717, 1.165) is 22.4 Å². The lowest BCUT2D eigenvalue weighted by Crippen LogP contribution is -2.20. The average molecular weight is 400 g/mol. The van der Waals surface area contributed by atoms with Crippen molar-refractivity contribution in [2.75, 3.05) is 21.0 Å². The van der Waals surface area contributed by atoms with Crippen LogP contribution in [0.4, 0.5) is 8.78 Å². The van der Waals surface area contributed by atoms with Crippen LogP contribution in [-0.4, -0.2) is 32.5 Å². The van der Waals surface area contributed by atoms with E-state index >= 15 is 0 Å². The normalized spacial score (nSPS) is 13.4. The molecule has 1 aliphatic heterocycles. The third-order valence-corrected chi connectivity index (χ3v) is 4.31. The minimum Gasteiger partial charge on any atom is -0.493 e. The summed E-state index contributed by atoms with van der Waals surface area (Å²) < 4.78 is 45.4. The maximum atomic E-state index is 12.4. The van der Waals surface area contributed by atoms with Crippen LogP contribution in [0.2, 0.25) is 5.02 Å². The van der Waals surface area contributed by atoms with E-state index in [-0.39, 0.29) is 18.3 Å². The van der Waals surface area contributed by atoms with Crippen molar-refractivity contribution < 1.29 is 27.7 Å². The second-order valence-corrected chi connectivity index (χ2v) is 6.64. The van der Waals surface area contributed by atoms with Crippen LogP contribution in [0, 0.1) is 0 Å². The molecule has 2 aromatic rings. The fourth-order valence-corrected chi connectivity index (χ4v) is 3.30. The van der Waals surface area contributed by atoms with Crippen LogP contribution >= 0.6 is 11.6 Å². The van der Waals surface area contributed by atoms with E-state index in [9.17, 15) is 8.78 Å². The quantitative estimate of drug-likeness (QED) is 0.688. The van der Waals surface area contributed by atoms with Gasteiger partial charge < -0.3 is 18.9 Å². The molecule has 0 amide bonds. The van der Waals surface area contributed by atoms with Gasteiger partial charge in [-0.05, 0) is 36.9 Å². The SMILES string of the molecule is COc1cc(CN(C)Cc2cc(Cl)cc3c2OCOC3)ccc1OC(F)F. The Morgan fingerprint density at radius 2 is 2.00 bits per heavy atom. The Morgan fingerprint density at radius 3 is 2.74 bits per heavy atom. The van der Waals surface area contributed by atoms with Gasteiger partial charge in [-0.15, -0.1) is 0 Å². The summed E-state index contributed by atoms with van der Waals surface area (Å²) in [5, 5.41) is 0.626. The topological polar surface area (TPSA) is 40.2 Å². The van der Waals surface area contributed by atoms with Crippen molar-refractivity contribution in [3.05, 3.63) is 52.0 Å². The third-order valence-electron chi connectivity index (χ3n) is 4.09. The lowest BCUT2D eigenvalue weighted by molar-refractivity contribution is -0.0512. The maximum absolute atomic E-state index is 12.4. The van der Waals surface area contributed by atoms with Gasteiger partial charge >= 0.3 is 6.61 Å². The number of ether oxygens (including phenoxy) is 4. The van der Waals surface area contributed by atoms with Crippen molar-refractivity contribution >= 4 is 11.6 Å². The predicted molar refractivity (Wildman–Crippen MR) is 96.5 cm³/mol.